The molecule has 0 unspecified atom stereocenters. The van der Waals surface area contributed by atoms with Crippen LogP contribution in [0.1, 0.15) is 17.0 Å². The van der Waals surface area contributed by atoms with Gasteiger partial charge in [-0.1, -0.05) is 0 Å². The van der Waals surface area contributed by atoms with Gasteiger partial charge in [0.1, 0.15) is 0 Å². The van der Waals surface area contributed by atoms with Crippen LogP contribution < -0.4 is 5.69 Å². The third-order valence-electron chi connectivity index (χ3n) is 2.20. The minimum absolute atomic E-state index is 0.162. The van der Waals surface area contributed by atoms with E-state index in [-0.39, 0.29) is 12.1 Å². The van der Waals surface area contributed by atoms with Crippen molar-refractivity contribution >= 4 is 0 Å². The molecule has 1 aliphatic rings. The molecule has 1 aromatic heterocycles. The molecule has 0 radical (unpaired) electrons. The standard InChI is InChI=1S/C9H9N3O2/c10-3-1-7-6-5-14-4-2-8(6)12-9(13)11-7/h1-2,4-5H2,(H,11,12,13). The third-order valence-corrected chi connectivity index (χ3v) is 2.20. The maximum atomic E-state index is 11.1. The Balaban J connectivity index is 2.53. The van der Waals surface area contributed by atoms with Gasteiger partial charge in [0.2, 0.25) is 0 Å². The van der Waals surface area contributed by atoms with Crippen LogP contribution in [0.15, 0.2) is 4.79 Å². The maximum absolute atomic E-state index is 11.1. The number of aromatic nitrogens is 2. The number of ether oxygens (including phenoxy) is 1. The number of H-pyrrole nitrogens is 1. The number of hydrogen-bond acceptors (Lipinski definition) is 4. The Morgan fingerprint density at radius 1 is 1.64 bits per heavy atom. The molecule has 0 spiro atoms. The summed E-state index contributed by atoms with van der Waals surface area (Å²) in [5.74, 6) is 0. The van der Waals surface area contributed by atoms with Gasteiger partial charge in [-0.3, -0.25) is 0 Å². The van der Waals surface area contributed by atoms with Crippen molar-refractivity contribution in [3.8, 4) is 6.07 Å². The average Bonchev–Trinajstić information content (AvgIpc) is 2.18. The number of nitrogens with zero attached hydrogens (tertiary/aromatic N) is 2. The van der Waals surface area contributed by atoms with Gasteiger partial charge in [0.05, 0.1) is 31.4 Å². The van der Waals surface area contributed by atoms with E-state index < -0.39 is 0 Å². The third kappa shape index (κ3) is 1.52. The van der Waals surface area contributed by atoms with Crippen molar-refractivity contribution in [1.82, 2.24) is 9.97 Å². The van der Waals surface area contributed by atoms with Crippen LogP contribution in [0.2, 0.25) is 0 Å². The van der Waals surface area contributed by atoms with Crippen LogP contribution in [0.25, 0.3) is 0 Å². The second-order valence-electron chi connectivity index (χ2n) is 3.08. The SMILES string of the molecule is N#CCc1nc(=O)[nH]c2c1COCC2. The van der Waals surface area contributed by atoms with Crippen molar-refractivity contribution in [2.75, 3.05) is 6.61 Å². The van der Waals surface area contributed by atoms with Gasteiger partial charge in [-0.15, -0.1) is 0 Å². The summed E-state index contributed by atoms with van der Waals surface area (Å²) in [6.45, 7) is 1.05. The molecule has 14 heavy (non-hydrogen) atoms. The predicted molar refractivity (Wildman–Crippen MR) is 47.5 cm³/mol. The van der Waals surface area contributed by atoms with Crippen molar-refractivity contribution in [2.45, 2.75) is 19.4 Å². The normalized spacial score (nSPS) is 14.5. The highest BCUT2D eigenvalue weighted by Gasteiger charge is 2.15. The highest BCUT2D eigenvalue weighted by Crippen LogP contribution is 2.15. The van der Waals surface area contributed by atoms with Crippen molar-refractivity contribution in [1.29, 1.82) is 5.26 Å². The van der Waals surface area contributed by atoms with Gasteiger partial charge in [0.25, 0.3) is 0 Å². The monoisotopic (exact) mass is 191 g/mol. The van der Waals surface area contributed by atoms with E-state index in [1.165, 1.54) is 0 Å². The van der Waals surface area contributed by atoms with E-state index in [0.29, 0.717) is 25.3 Å². The second kappa shape index (κ2) is 3.60. The highest BCUT2D eigenvalue weighted by molar-refractivity contribution is 5.27. The number of aromatic amines is 1. The van der Waals surface area contributed by atoms with Gasteiger partial charge in [-0.25, -0.2) is 4.79 Å². The fourth-order valence-corrected chi connectivity index (χ4v) is 1.55. The van der Waals surface area contributed by atoms with E-state index in [0.717, 1.165) is 11.3 Å². The van der Waals surface area contributed by atoms with E-state index in [1.807, 2.05) is 6.07 Å². The molecule has 0 saturated carbocycles. The fourth-order valence-electron chi connectivity index (χ4n) is 1.55. The smallest absolute Gasteiger partial charge is 0.345 e. The first-order valence-corrected chi connectivity index (χ1v) is 4.37. The molecule has 0 aromatic carbocycles. The number of nitrogens with one attached hydrogen (secondary N) is 1. The topological polar surface area (TPSA) is 78.8 Å². The summed E-state index contributed by atoms with van der Waals surface area (Å²) in [6, 6.07) is 1.99. The van der Waals surface area contributed by atoms with E-state index in [1.54, 1.807) is 0 Å². The number of hydrogen-bond donors (Lipinski definition) is 1. The van der Waals surface area contributed by atoms with Crippen LogP contribution in [0.3, 0.4) is 0 Å². The van der Waals surface area contributed by atoms with Crippen LogP contribution in [0.4, 0.5) is 0 Å². The van der Waals surface area contributed by atoms with Crippen LogP contribution in [-0.2, 0) is 24.2 Å². The first kappa shape index (κ1) is 8.91. The molecule has 2 rings (SSSR count). The molecule has 0 saturated heterocycles. The van der Waals surface area contributed by atoms with Crippen molar-refractivity contribution < 1.29 is 4.74 Å². The van der Waals surface area contributed by atoms with Gasteiger partial charge in [0.15, 0.2) is 0 Å². The summed E-state index contributed by atoms with van der Waals surface area (Å²) in [5, 5.41) is 8.57. The van der Waals surface area contributed by atoms with E-state index in [4.69, 9.17) is 10.00 Å². The Hall–Kier alpha value is -1.67. The van der Waals surface area contributed by atoms with Crippen LogP contribution in [0, 0.1) is 11.3 Å². The molecule has 0 amide bonds. The predicted octanol–water partition coefficient (Wildman–Crippen LogP) is -0.0913. The first-order valence-electron chi connectivity index (χ1n) is 4.37. The van der Waals surface area contributed by atoms with E-state index >= 15 is 0 Å². The fraction of sp³-hybridized carbons (Fsp3) is 0.444. The molecule has 0 atom stereocenters. The molecule has 1 aliphatic heterocycles. The van der Waals surface area contributed by atoms with Gasteiger partial charge in [-0.05, 0) is 0 Å². The molecule has 0 aliphatic carbocycles. The van der Waals surface area contributed by atoms with Crippen LogP contribution in [0.5, 0.6) is 0 Å². The summed E-state index contributed by atoms with van der Waals surface area (Å²) in [5.41, 5.74) is 1.90. The first-order chi connectivity index (χ1) is 6.81. The van der Waals surface area contributed by atoms with Gasteiger partial charge < -0.3 is 9.72 Å². The summed E-state index contributed by atoms with van der Waals surface area (Å²) < 4.78 is 5.25. The largest absolute Gasteiger partial charge is 0.376 e. The zero-order chi connectivity index (χ0) is 9.97. The van der Waals surface area contributed by atoms with E-state index in [9.17, 15) is 4.79 Å². The number of nitriles is 1. The van der Waals surface area contributed by atoms with Crippen molar-refractivity contribution in [3.05, 3.63) is 27.4 Å². The molecule has 5 heteroatoms. The Morgan fingerprint density at radius 2 is 2.50 bits per heavy atom. The molecule has 2 heterocycles. The minimum atomic E-state index is -0.379. The summed E-state index contributed by atoms with van der Waals surface area (Å²) in [7, 11) is 0. The van der Waals surface area contributed by atoms with Gasteiger partial charge in [0, 0.05) is 17.7 Å². The molecule has 1 N–H and O–H groups in total. The van der Waals surface area contributed by atoms with Crippen molar-refractivity contribution in [3.63, 3.8) is 0 Å². The lowest BCUT2D eigenvalue weighted by molar-refractivity contribution is 0.108. The summed E-state index contributed by atoms with van der Waals surface area (Å²) >= 11 is 0. The quantitative estimate of drug-likeness (QED) is 0.672. The molecule has 5 nitrogen and oxygen atoms in total. The Labute approximate surface area is 80.4 Å². The molecular weight excluding hydrogens is 182 g/mol. The molecule has 1 aromatic rings. The summed E-state index contributed by atoms with van der Waals surface area (Å²) in [4.78, 5) is 17.6. The average molecular weight is 191 g/mol. The highest BCUT2D eigenvalue weighted by atomic mass is 16.5. The second-order valence-corrected chi connectivity index (χ2v) is 3.08. The van der Waals surface area contributed by atoms with E-state index in [2.05, 4.69) is 9.97 Å². The van der Waals surface area contributed by atoms with Crippen molar-refractivity contribution in [2.24, 2.45) is 0 Å². The number of fused-ring (bicyclic) bond motifs is 1. The minimum Gasteiger partial charge on any atom is -0.376 e. The zero-order valence-corrected chi connectivity index (χ0v) is 7.54. The lowest BCUT2D eigenvalue weighted by Gasteiger charge is -2.17. The molecule has 72 valence electrons. The molecule has 0 bridgehead atoms. The lowest BCUT2D eigenvalue weighted by Crippen LogP contribution is -2.23. The maximum Gasteiger partial charge on any atom is 0.345 e. The summed E-state index contributed by atoms with van der Waals surface area (Å²) in [6.07, 6.45) is 0.848. The molecule has 0 fully saturated rings. The van der Waals surface area contributed by atoms with Gasteiger partial charge >= 0.3 is 5.69 Å². The van der Waals surface area contributed by atoms with Crippen LogP contribution in [-0.4, -0.2) is 16.6 Å². The van der Waals surface area contributed by atoms with Crippen LogP contribution >= 0.6 is 0 Å². The molecular formula is C9H9N3O2. The lowest BCUT2D eigenvalue weighted by atomic mass is 10.1. The number of rotatable bonds is 1. The Morgan fingerprint density at radius 3 is 3.29 bits per heavy atom. The van der Waals surface area contributed by atoms with Gasteiger partial charge in [-0.2, -0.15) is 10.2 Å². The zero-order valence-electron chi connectivity index (χ0n) is 7.54. The Kier molecular flexibility index (Phi) is 2.29. The Bertz CT molecular complexity index is 444.